The maximum absolute atomic E-state index is 12.3. The maximum Gasteiger partial charge on any atom is 0.262 e. The average molecular weight is 355 g/mol. The van der Waals surface area contributed by atoms with Gasteiger partial charge in [0.15, 0.2) is 5.78 Å². The highest BCUT2D eigenvalue weighted by Gasteiger charge is 2.16. The third-order valence-electron chi connectivity index (χ3n) is 2.55. The minimum Gasteiger partial charge on any atom is -0.295 e. The van der Waals surface area contributed by atoms with E-state index in [9.17, 15) is 13.2 Å². The Morgan fingerprint density at radius 1 is 1.25 bits per heavy atom. The fourth-order valence-corrected chi connectivity index (χ4v) is 3.14. The Balaban J connectivity index is 2.38. The van der Waals surface area contributed by atoms with Crippen LogP contribution in [-0.2, 0) is 10.0 Å². The molecular formula is C13H11BrN2O3S. The summed E-state index contributed by atoms with van der Waals surface area (Å²) in [5.74, 6) is -0.190. The fourth-order valence-electron chi connectivity index (χ4n) is 1.55. The van der Waals surface area contributed by atoms with Gasteiger partial charge < -0.3 is 0 Å². The van der Waals surface area contributed by atoms with E-state index < -0.39 is 10.0 Å². The van der Waals surface area contributed by atoms with E-state index in [0.717, 1.165) is 0 Å². The van der Waals surface area contributed by atoms with E-state index in [1.54, 1.807) is 18.2 Å². The van der Waals surface area contributed by atoms with Crippen molar-refractivity contribution in [3.63, 3.8) is 0 Å². The molecule has 0 radical (unpaired) electrons. The van der Waals surface area contributed by atoms with Crippen molar-refractivity contribution in [1.82, 2.24) is 4.98 Å². The first kappa shape index (κ1) is 14.7. The SMILES string of the molecule is CC(=O)c1cccc(S(=O)(=O)Nc2cccnc2Br)c1. The van der Waals surface area contributed by atoms with Gasteiger partial charge in [-0.3, -0.25) is 9.52 Å². The number of sulfonamides is 1. The zero-order valence-corrected chi connectivity index (χ0v) is 12.9. The van der Waals surface area contributed by atoms with Crippen molar-refractivity contribution in [2.45, 2.75) is 11.8 Å². The lowest BCUT2D eigenvalue weighted by molar-refractivity contribution is 0.101. The summed E-state index contributed by atoms with van der Waals surface area (Å²) in [7, 11) is -3.76. The smallest absolute Gasteiger partial charge is 0.262 e. The van der Waals surface area contributed by atoms with E-state index in [2.05, 4.69) is 25.6 Å². The van der Waals surface area contributed by atoms with Crippen molar-refractivity contribution < 1.29 is 13.2 Å². The molecule has 0 fully saturated rings. The number of rotatable bonds is 4. The first-order valence-corrected chi connectivity index (χ1v) is 7.92. The number of nitrogens with one attached hydrogen (secondary N) is 1. The fraction of sp³-hybridized carbons (Fsp3) is 0.0769. The number of hydrogen-bond donors (Lipinski definition) is 1. The van der Waals surface area contributed by atoms with Crippen LogP contribution < -0.4 is 4.72 Å². The first-order valence-electron chi connectivity index (χ1n) is 5.64. The van der Waals surface area contributed by atoms with Gasteiger partial charge in [0, 0.05) is 11.8 Å². The van der Waals surface area contributed by atoms with Crippen molar-refractivity contribution >= 4 is 37.4 Å². The van der Waals surface area contributed by atoms with E-state index in [4.69, 9.17) is 0 Å². The minimum absolute atomic E-state index is 0.0287. The summed E-state index contributed by atoms with van der Waals surface area (Å²) in [6, 6.07) is 9.08. The van der Waals surface area contributed by atoms with Crippen LogP contribution in [0.25, 0.3) is 0 Å². The lowest BCUT2D eigenvalue weighted by atomic mass is 10.2. The molecule has 0 aliphatic heterocycles. The number of nitrogens with zero attached hydrogens (tertiary/aromatic N) is 1. The molecule has 0 bridgehead atoms. The molecule has 20 heavy (non-hydrogen) atoms. The molecule has 104 valence electrons. The molecule has 0 spiro atoms. The molecule has 0 unspecified atom stereocenters. The van der Waals surface area contributed by atoms with Gasteiger partial charge in [-0.2, -0.15) is 0 Å². The molecule has 0 saturated heterocycles. The van der Waals surface area contributed by atoms with E-state index >= 15 is 0 Å². The van der Waals surface area contributed by atoms with Crippen molar-refractivity contribution in [1.29, 1.82) is 0 Å². The molecule has 2 aromatic rings. The van der Waals surface area contributed by atoms with E-state index in [-0.39, 0.29) is 10.7 Å². The third-order valence-corrected chi connectivity index (χ3v) is 4.55. The predicted molar refractivity (Wildman–Crippen MR) is 79.2 cm³/mol. The van der Waals surface area contributed by atoms with Gasteiger partial charge in [0.1, 0.15) is 4.60 Å². The molecule has 0 aliphatic rings. The first-order chi connectivity index (χ1) is 9.40. The van der Waals surface area contributed by atoms with Gasteiger partial charge in [-0.1, -0.05) is 12.1 Å². The van der Waals surface area contributed by atoms with Crippen LogP contribution in [0, 0.1) is 0 Å². The number of carbonyl (C=O) groups excluding carboxylic acids is 1. The normalized spacial score (nSPS) is 11.1. The van der Waals surface area contributed by atoms with E-state index in [1.165, 1.54) is 31.3 Å². The molecule has 0 aliphatic carbocycles. The van der Waals surface area contributed by atoms with E-state index in [0.29, 0.717) is 15.9 Å². The second-order valence-corrected chi connectivity index (χ2v) is 6.46. The van der Waals surface area contributed by atoms with Crippen molar-refractivity contribution in [2.24, 2.45) is 0 Å². The summed E-state index contributed by atoms with van der Waals surface area (Å²) < 4.78 is 27.3. The largest absolute Gasteiger partial charge is 0.295 e. The second-order valence-electron chi connectivity index (χ2n) is 4.03. The monoisotopic (exact) mass is 354 g/mol. The molecule has 1 N–H and O–H groups in total. The summed E-state index contributed by atoms with van der Waals surface area (Å²) in [4.78, 5) is 15.3. The highest BCUT2D eigenvalue weighted by molar-refractivity contribution is 9.10. The van der Waals surface area contributed by atoms with Crippen LogP contribution in [0.3, 0.4) is 0 Å². The van der Waals surface area contributed by atoms with Crippen molar-refractivity contribution in [3.8, 4) is 0 Å². The molecular weight excluding hydrogens is 344 g/mol. The number of pyridine rings is 1. The summed E-state index contributed by atoms with van der Waals surface area (Å²) in [6.45, 7) is 1.39. The zero-order chi connectivity index (χ0) is 14.8. The third kappa shape index (κ3) is 3.23. The molecule has 7 heteroatoms. The Hall–Kier alpha value is -1.73. The number of hydrogen-bond acceptors (Lipinski definition) is 4. The number of Topliss-reactive ketones (excluding diaryl/α,β-unsaturated/α-hetero) is 1. The standard InChI is InChI=1S/C13H11BrN2O3S/c1-9(17)10-4-2-5-11(8-10)20(18,19)16-12-6-3-7-15-13(12)14/h2-8,16H,1H3. The number of halogens is 1. The molecule has 1 aromatic heterocycles. The summed E-state index contributed by atoms with van der Waals surface area (Å²) in [5.41, 5.74) is 0.679. The van der Waals surface area contributed by atoms with Gasteiger partial charge in [-0.15, -0.1) is 0 Å². The van der Waals surface area contributed by atoms with Crippen LogP contribution in [0.4, 0.5) is 5.69 Å². The number of anilines is 1. The van der Waals surface area contributed by atoms with Gasteiger partial charge in [-0.25, -0.2) is 13.4 Å². The van der Waals surface area contributed by atoms with Gasteiger partial charge >= 0.3 is 0 Å². The lowest BCUT2D eigenvalue weighted by Crippen LogP contribution is -2.14. The van der Waals surface area contributed by atoms with Crippen LogP contribution in [-0.4, -0.2) is 19.2 Å². The Morgan fingerprint density at radius 3 is 2.65 bits per heavy atom. The van der Waals surface area contributed by atoms with E-state index in [1.807, 2.05) is 0 Å². The summed E-state index contributed by atoms with van der Waals surface area (Å²) >= 11 is 3.17. The van der Waals surface area contributed by atoms with Gasteiger partial charge in [0.25, 0.3) is 10.0 Å². The molecule has 5 nitrogen and oxygen atoms in total. The molecule has 0 saturated carbocycles. The predicted octanol–water partition coefficient (Wildman–Crippen LogP) is 2.85. The number of aromatic nitrogens is 1. The molecule has 1 heterocycles. The summed E-state index contributed by atoms with van der Waals surface area (Å²) in [6.07, 6.45) is 1.54. The van der Waals surface area contributed by atoms with Crippen LogP contribution in [0.15, 0.2) is 52.1 Å². The number of ketones is 1. The van der Waals surface area contributed by atoms with Crippen molar-refractivity contribution in [2.75, 3.05) is 4.72 Å². The highest BCUT2D eigenvalue weighted by Crippen LogP contribution is 2.22. The van der Waals surface area contributed by atoms with Crippen LogP contribution in [0.5, 0.6) is 0 Å². The highest BCUT2D eigenvalue weighted by atomic mass is 79.9. The maximum atomic E-state index is 12.3. The lowest BCUT2D eigenvalue weighted by Gasteiger charge is -2.09. The Morgan fingerprint density at radius 2 is 2.00 bits per heavy atom. The Labute approximate surface area is 125 Å². The van der Waals surface area contributed by atoms with Crippen LogP contribution >= 0.6 is 15.9 Å². The van der Waals surface area contributed by atoms with Crippen molar-refractivity contribution in [3.05, 3.63) is 52.8 Å². The van der Waals surface area contributed by atoms with Gasteiger partial charge in [0.05, 0.1) is 10.6 Å². The molecule has 2 rings (SSSR count). The Kier molecular flexibility index (Phi) is 4.20. The number of carbonyl (C=O) groups is 1. The van der Waals surface area contributed by atoms with Crippen LogP contribution in [0.2, 0.25) is 0 Å². The zero-order valence-electron chi connectivity index (χ0n) is 10.5. The number of benzene rings is 1. The molecule has 1 aromatic carbocycles. The topological polar surface area (TPSA) is 76.1 Å². The molecule has 0 amide bonds. The summed E-state index contributed by atoms with van der Waals surface area (Å²) in [5, 5.41) is 0. The van der Waals surface area contributed by atoms with Crippen LogP contribution in [0.1, 0.15) is 17.3 Å². The van der Waals surface area contributed by atoms with Gasteiger partial charge in [-0.05, 0) is 47.1 Å². The quantitative estimate of drug-likeness (QED) is 0.676. The average Bonchev–Trinajstić information content (AvgIpc) is 2.41. The minimum atomic E-state index is -3.76. The Bertz CT molecular complexity index is 760. The second kappa shape index (κ2) is 5.72. The molecule has 0 atom stereocenters. The van der Waals surface area contributed by atoms with Gasteiger partial charge in [0.2, 0.25) is 0 Å².